The fourth-order valence-electron chi connectivity index (χ4n) is 1.96. The van der Waals surface area contributed by atoms with Crippen LogP contribution in [0, 0.1) is 12.7 Å². The van der Waals surface area contributed by atoms with Crippen molar-refractivity contribution in [2.24, 2.45) is 0 Å². The third kappa shape index (κ3) is 3.40. The summed E-state index contributed by atoms with van der Waals surface area (Å²) in [6.07, 6.45) is 1.22. The van der Waals surface area contributed by atoms with Crippen LogP contribution in [0.3, 0.4) is 0 Å². The van der Waals surface area contributed by atoms with Crippen LogP contribution < -0.4 is 0 Å². The van der Waals surface area contributed by atoms with E-state index in [1.54, 1.807) is 12.1 Å². The fourth-order valence-corrected chi connectivity index (χ4v) is 1.96. The fraction of sp³-hybridized carbons (Fsp3) is 0.286. The Hall–Kier alpha value is -2.17. The van der Waals surface area contributed by atoms with E-state index in [1.807, 2.05) is 6.92 Å². The molecule has 1 aromatic heterocycles. The lowest BCUT2D eigenvalue weighted by Crippen LogP contribution is -1.96. The standard InChI is InChI=1S/C14H15FN2O2/c1-9-14(10-4-2-5-11(15)8-10)17-12(16-9)6-3-7-13(18)19/h2,4-5,8H,3,6-7H2,1H3,(H,16,17)(H,18,19). The summed E-state index contributed by atoms with van der Waals surface area (Å²) in [7, 11) is 0. The molecule has 0 spiro atoms. The van der Waals surface area contributed by atoms with Crippen LogP contribution in [0.25, 0.3) is 11.3 Å². The van der Waals surface area contributed by atoms with Crippen molar-refractivity contribution in [2.45, 2.75) is 26.2 Å². The number of carboxylic acids is 1. The van der Waals surface area contributed by atoms with Crippen molar-refractivity contribution in [2.75, 3.05) is 0 Å². The van der Waals surface area contributed by atoms with Gasteiger partial charge in [-0.25, -0.2) is 9.37 Å². The number of benzene rings is 1. The molecule has 0 amide bonds. The molecule has 1 heterocycles. The maximum atomic E-state index is 13.2. The number of hydrogen-bond acceptors (Lipinski definition) is 2. The Bertz CT molecular complexity index is 593. The highest BCUT2D eigenvalue weighted by molar-refractivity contribution is 5.66. The maximum absolute atomic E-state index is 13.2. The van der Waals surface area contributed by atoms with Crippen molar-refractivity contribution in [3.63, 3.8) is 0 Å². The molecule has 100 valence electrons. The highest BCUT2D eigenvalue weighted by Gasteiger charge is 2.10. The Morgan fingerprint density at radius 2 is 2.26 bits per heavy atom. The third-order valence-electron chi connectivity index (χ3n) is 2.84. The topological polar surface area (TPSA) is 66.0 Å². The van der Waals surface area contributed by atoms with Crippen LogP contribution in [-0.2, 0) is 11.2 Å². The largest absolute Gasteiger partial charge is 0.481 e. The Balaban J connectivity index is 2.15. The Morgan fingerprint density at radius 3 is 2.95 bits per heavy atom. The number of aryl methyl sites for hydroxylation is 2. The lowest BCUT2D eigenvalue weighted by molar-refractivity contribution is -0.137. The predicted octanol–water partition coefficient (Wildman–Crippen LogP) is 2.93. The second-order valence-electron chi connectivity index (χ2n) is 4.41. The molecule has 0 saturated carbocycles. The zero-order chi connectivity index (χ0) is 13.8. The number of halogens is 1. The molecule has 0 aliphatic carbocycles. The molecule has 0 bridgehead atoms. The number of carboxylic acid groups (broad SMARTS) is 1. The van der Waals surface area contributed by atoms with Gasteiger partial charge in [0.05, 0.1) is 5.69 Å². The maximum Gasteiger partial charge on any atom is 0.303 e. The van der Waals surface area contributed by atoms with E-state index in [-0.39, 0.29) is 12.2 Å². The number of aliphatic carboxylic acids is 1. The van der Waals surface area contributed by atoms with Gasteiger partial charge in [-0.1, -0.05) is 12.1 Å². The molecule has 0 fully saturated rings. The van der Waals surface area contributed by atoms with Crippen molar-refractivity contribution >= 4 is 5.97 Å². The number of nitrogens with zero attached hydrogens (tertiary/aromatic N) is 1. The summed E-state index contributed by atoms with van der Waals surface area (Å²) in [4.78, 5) is 18.0. The van der Waals surface area contributed by atoms with E-state index in [4.69, 9.17) is 5.11 Å². The van der Waals surface area contributed by atoms with Gasteiger partial charge in [0.2, 0.25) is 0 Å². The average molecular weight is 262 g/mol. The number of nitrogens with one attached hydrogen (secondary N) is 1. The van der Waals surface area contributed by atoms with Gasteiger partial charge in [0.1, 0.15) is 11.6 Å². The summed E-state index contributed by atoms with van der Waals surface area (Å²) in [5, 5.41) is 8.59. The highest BCUT2D eigenvalue weighted by atomic mass is 19.1. The molecule has 19 heavy (non-hydrogen) atoms. The van der Waals surface area contributed by atoms with Gasteiger partial charge in [0.25, 0.3) is 0 Å². The number of imidazole rings is 1. The van der Waals surface area contributed by atoms with Gasteiger partial charge < -0.3 is 10.1 Å². The van der Waals surface area contributed by atoms with E-state index in [9.17, 15) is 9.18 Å². The zero-order valence-electron chi connectivity index (χ0n) is 10.6. The molecule has 0 radical (unpaired) electrons. The first-order chi connectivity index (χ1) is 9.06. The lowest BCUT2D eigenvalue weighted by atomic mass is 10.1. The van der Waals surface area contributed by atoms with Gasteiger partial charge in [-0.05, 0) is 25.5 Å². The first-order valence-corrected chi connectivity index (χ1v) is 6.09. The number of aromatic amines is 1. The molecular weight excluding hydrogens is 247 g/mol. The SMILES string of the molecule is Cc1[nH]c(CCCC(=O)O)nc1-c1cccc(F)c1. The van der Waals surface area contributed by atoms with E-state index >= 15 is 0 Å². The van der Waals surface area contributed by atoms with Crippen molar-refractivity contribution in [1.82, 2.24) is 9.97 Å². The van der Waals surface area contributed by atoms with E-state index in [2.05, 4.69) is 9.97 Å². The third-order valence-corrected chi connectivity index (χ3v) is 2.84. The Labute approximate surface area is 110 Å². The Kier molecular flexibility index (Phi) is 3.94. The number of hydrogen-bond donors (Lipinski definition) is 2. The summed E-state index contributed by atoms with van der Waals surface area (Å²) in [6.45, 7) is 1.87. The first kappa shape index (κ1) is 13.3. The molecule has 0 unspecified atom stereocenters. The average Bonchev–Trinajstić information content (AvgIpc) is 2.70. The summed E-state index contributed by atoms with van der Waals surface area (Å²) in [6, 6.07) is 6.26. The number of rotatable bonds is 5. The molecule has 2 aromatic rings. The number of H-pyrrole nitrogens is 1. The van der Waals surface area contributed by atoms with Gasteiger partial charge in [-0.15, -0.1) is 0 Å². The molecule has 0 aliphatic heterocycles. The van der Waals surface area contributed by atoms with Crippen molar-refractivity contribution < 1.29 is 14.3 Å². The van der Waals surface area contributed by atoms with Crippen molar-refractivity contribution in [1.29, 1.82) is 0 Å². The lowest BCUT2D eigenvalue weighted by Gasteiger charge is -1.98. The number of carbonyl (C=O) groups is 1. The summed E-state index contributed by atoms with van der Waals surface area (Å²) >= 11 is 0. The molecule has 1 aromatic carbocycles. The summed E-state index contributed by atoms with van der Waals surface area (Å²) in [5.74, 6) is -0.376. The van der Waals surface area contributed by atoms with Crippen LogP contribution in [0.2, 0.25) is 0 Å². The quantitative estimate of drug-likeness (QED) is 0.870. The highest BCUT2D eigenvalue weighted by Crippen LogP contribution is 2.22. The predicted molar refractivity (Wildman–Crippen MR) is 69.3 cm³/mol. The van der Waals surface area contributed by atoms with Gasteiger partial charge in [-0.3, -0.25) is 4.79 Å². The molecule has 4 nitrogen and oxygen atoms in total. The Morgan fingerprint density at radius 1 is 1.47 bits per heavy atom. The van der Waals surface area contributed by atoms with Gasteiger partial charge in [0, 0.05) is 24.1 Å². The minimum Gasteiger partial charge on any atom is -0.481 e. The molecule has 0 saturated heterocycles. The van der Waals surface area contributed by atoms with Crippen molar-refractivity contribution in [3.05, 3.63) is 41.6 Å². The van der Waals surface area contributed by atoms with Crippen LogP contribution in [0.15, 0.2) is 24.3 Å². The minimum atomic E-state index is -0.811. The van der Waals surface area contributed by atoms with Gasteiger partial charge >= 0.3 is 5.97 Å². The van der Waals surface area contributed by atoms with Crippen LogP contribution >= 0.6 is 0 Å². The molecule has 2 rings (SSSR count). The normalized spacial score (nSPS) is 10.6. The smallest absolute Gasteiger partial charge is 0.303 e. The summed E-state index contributed by atoms with van der Waals surface area (Å²) in [5.41, 5.74) is 2.29. The second kappa shape index (κ2) is 5.65. The minimum absolute atomic E-state index is 0.120. The van der Waals surface area contributed by atoms with Crippen LogP contribution in [-0.4, -0.2) is 21.0 Å². The van der Waals surface area contributed by atoms with Crippen LogP contribution in [0.1, 0.15) is 24.4 Å². The van der Waals surface area contributed by atoms with Gasteiger partial charge in [-0.2, -0.15) is 0 Å². The van der Waals surface area contributed by atoms with E-state index in [0.29, 0.717) is 18.5 Å². The zero-order valence-corrected chi connectivity index (χ0v) is 10.6. The second-order valence-corrected chi connectivity index (χ2v) is 4.41. The monoisotopic (exact) mass is 262 g/mol. The van der Waals surface area contributed by atoms with E-state index in [0.717, 1.165) is 17.1 Å². The molecule has 0 aliphatic rings. The first-order valence-electron chi connectivity index (χ1n) is 6.09. The molecule has 5 heteroatoms. The van der Waals surface area contributed by atoms with E-state index < -0.39 is 5.97 Å². The van der Waals surface area contributed by atoms with Gasteiger partial charge in [0.15, 0.2) is 0 Å². The molecule has 2 N–H and O–H groups in total. The summed E-state index contributed by atoms with van der Waals surface area (Å²) < 4.78 is 13.2. The number of aromatic nitrogens is 2. The molecule has 0 atom stereocenters. The van der Waals surface area contributed by atoms with Crippen LogP contribution in [0.5, 0.6) is 0 Å². The van der Waals surface area contributed by atoms with Crippen LogP contribution in [0.4, 0.5) is 4.39 Å². The molecular formula is C14H15FN2O2. The van der Waals surface area contributed by atoms with E-state index in [1.165, 1.54) is 12.1 Å². The van der Waals surface area contributed by atoms with Crippen molar-refractivity contribution in [3.8, 4) is 11.3 Å².